The Morgan fingerprint density at radius 1 is 1.36 bits per heavy atom. The van der Waals surface area contributed by atoms with Gasteiger partial charge in [0.25, 0.3) is 0 Å². The van der Waals surface area contributed by atoms with Crippen LogP contribution in [-0.4, -0.2) is 27.3 Å². The zero-order chi connectivity index (χ0) is 20.3. The van der Waals surface area contributed by atoms with Gasteiger partial charge in [0.2, 0.25) is 16.3 Å². The summed E-state index contributed by atoms with van der Waals surface area (Å²) < 4.78 is 7.40. The van der Waals surface area contributed by atoms with Crippen molar-refractivity contribution in [1.82, 2.24) is 4.68 Å². The fourth-order valence-corrected chi connectivity index (χ4v) is 3.72. The van der Waals surface area contributed by atoms with Gasteiger partial charge in [0.15, 0.2) is 5.76 Å². The average Bonchev–Trinajstić information content (AvgIpc) is 3.01. The Labute approximate surface area is 166 Å². The predicted molar refractivity (Wildman–Crippen MR) is 108 cm³/mol. The van der Waals surface area contributed by atoms with Crippen molar-refractivity contribution in [2.75, 3.05) is 12.0 Å². The number of para-hydroxylation sites is 2. The van der Waals surface area contributed by atoms with Crippen molar-refractivity contribution in [3.05, 3.63) is 63.4 Å². The molecular weight excluding hydrogens is 378 g/mol. The SMILES string of the molecule is CCOc1ccccc1N=c1scc(C)n1NC=C1C(O)=C(O)C(=O)CC1C. The number of Topliss-reactive ketones (excluding diaryl/α,β-unsaturated/α-hetero) is 1. The lowest BCUT2D eigenvalue weighted by Crippen LogP contribution is -2.26. The molecule has 0 bridgehead atoms. The van der Waals surface area contributed by atoms with Gasteiger partial charge >= 0.3 is 0 Å². The molecule has 7 nitrogen and oxygen atoms in total. The van der Waals surface area contributed by atoms with E-state index in [0.717, 1.165) is 5.69 Å². The van der Waals surface area contributed by atoms with Crippen molar-refractivity contribution in [1.29, 1.82) is 0 Å². The first-order valence-corrected chi connectivity index (χ1v) is 9.86. The van der Waals surface area contributed by atoms with Crippen LogP contribution in [0.2, 0.25) is 0 Å². The first kappa shape index (κ1) is 19.8. The van der Waals surface area contributed by atoms with Crippen LogP contribution in [0.25, 0.3) is 0 Å². The maximum atomic E-state index is 11.6. The molecule has 1 aromatic heterocycles. The molecule has 0 spiro atoms. The lowest BCUT2D eigenvalue weighted by molar-refractivity contribution is -0.119. The summed E-state index contributed by atoms with van der Waals surface area (Å²) in [5.41, 5.74) is 5.21. The topological polar surface area (TPSA) is 96.1 Å². The molecule has 8 heteroatoms. The number of allylic oxidation sites excluding steroid dienone is 2. The molecule has 148 valence electrons. The van der Waals surface area contributed by atoms with Crippen LogP contribution in [0.15, 0.2) is 57.9 Å². The van der Waals surface area contributed by atoms with Gasteiger partial charge in [0.05, 0.1) is 6.61 Å². The second-order valence-electron chi connectivity index (χ2n) is 6.46. The minimum atomic E-state index is -0.589. The molecule has 0 aliphatic heterocycles. The fourth-order valence-electron chi connectivity index (χ4n) is 2.89. The summed E-state index contributed by atoms with van der Waals surface area (Å²) in [6.45, 7) is 6.22. The van der Waals surface area contributed by atoms with Crippen LogP contribution >= 0.6 is 11.3 Å². The molecule has 0 saturated heterocycles. The molecule has 0 radical (unpaired) electrons. The Morgan fingerprint density at radius 3 is 2.86 bits per heavy atom. The molecule has 0 fully saturated rings. The molecule has 0 amide bonds. The largest absolute Gasteiger partial charge is 0.504 e. The van der Waals surface area contributed by atoms with E-state index >= 15 is 0 Å². The number of carbonyl (C=O) groups is 1. The Kier molecular flexibility index (Phi) is 5.89. The summed E-state index contributed by atoms with van der Waals surface area (Å²) in [5, 5.41) is 21.8. The zero-order valence-electron chi connectivity index (χ0n) is 16.0. The van der Waals surface area contributed by atoms with Gasteiger partial charge in [-0.3, -0.25) is 10.2 Å². The number of rotatable bonds is 5. The molecule has 1 heterocycles. The predicted octanol–water partition coefficient (Wildman–Crippen LogP) is 3.85. The molecule has 2 aromatic rings. The third-order valence-corrected chi connectivity index (χ3v) is 5.34. The lowest BCUT2D eigenvalue weighted by atomic mass is 9.88. The Balaban J connectivity index is 1.98. The monoisotopic (exact) mass is 401 g/mol. The minimum absolute atomic E-state index is 0.148. The van der Waals surface area contributed by atoms with Crippen molar-refractivity contribution in [3.63, 3.8) is 0 Å². The van der Waals surface area contributed by atoms with Crippen molar-refractivity contribution in [2.45, 2.75) is 27.2 Å². The van der Waals surface area contributed by atoms with Gasteiger partial charge in [-0.1, -0.05) is 19.1 Å². The van der Waals surface area contributed by atoms with Crippen molar-refractivity contribution >= 4 is 22.8 Å². The molecule has 28 heavy (non-hydrogen) atoms. The van der Waals surface area contributed by atoms with Gasteiger partial charge < -0.3 is 14.9 Å². The standard InChI is InChI=1S/C20H23N3O4S/c1-4-27-17-8-6-5-7-15(17)22-20-23(13(3)11-28-20)21-10-14-12(2)9-16(24)19(26)18(14)25/h5-8,10-12,21,25-26H,4,9H2,1-3H3. The molecule has 0 saturated carbocycles. The highest BCUT2D eigenvalue weighted by Crippen LogP contribution is 2.29. The van der Waals surface area contributed by atoms with E-state index in [1.165, 1.54) is 11.3 Å². The second kappa shape index (κ2) is 8.35. The van der Waals surface area contributed by atoms with Crippen molar-refractivity contribution in [2.24, 2.45) is 10.9 Å². The minimum Gasteiger partial charge on any atom is -0.504 e. The summed E-state index contributed by atoms with van der Waals surface area (Å²) in [5.74, 6) is -0.941. The summed E-state index contributed by atoms with van der Waals surface area (Å²) >= 11 is 1.46. The van der Waals surface area contributed by atoms with Crippen molar-refractivity contribution < 1.29 is 19.7 Å². The smallest absolute Gasteiger partial charge is 0.209 e. The number of ketones is 1. The van der Waals surface area contributed by atoms with Gasteiger partial charge in [-0.05, 0) is 31.9 Å². The van der Waals surface area contributed by atoms with Gasteiger partial charge in [-0.25, -0.2) is 9.67 Å². The van der Waals surface area contributed by atoms with Crippen LogP contribution < -0.4 is 15.0 Å². The van der Waals surface area contributed by atoms with E-state index < -0.39 is 11.5 Å². The van der Waals surface area contributed by atoms with E-state index in [0.29, 0.717) is 28.4 Å². The quantitative estimate of drug-likeness (QED) is 0.707. The van der Waals surface area contributed by atoms with E-state index in [1.807, 2.05) is 50.4 Å². The third-order valence-electron chi connectivity index (χ3n) is 4.39. The molecule has 1 aromatic carbocycles. The third kappa shape index (κ3) is 3.96. The maximum Gasteiger partial charge on any atom is 0.209 e. The highest BCUT2D eigenvalue weighted by Gasteiger charge is 2.29. The van der Waals surface area contributed by atoms with Gasteiger partial charge in [0, 0.05) is 29.3 Å². The number of aryl methyl sites for hydroxylation is 1. The highest BCUT2D eigenvalue weighted by molar-refractivity contribution is 7.07. The molecule has 3 N–H and O–H groups in total. The normalized spacial score (nSPS) is 19.4. The molecule has 1 unspecified atom stereocenters. The summed E-state index contributed by atoms with van der Waals surface area (Å²) in [6.07, 6.45) is 1.74. The molecule has 1 atom stereocenters. The number of hydrogen-bond acceptors (Lipinski definition) is 7. The number of aliphatic hydroxyl groups excluding tert-OH is 2. The number of thiazole rings is 1. The Morgan fingerprint density at radius 2 is 2.11 bits per heavy atom. The summed E-state index contributed by atoms with van der Waals surface area (Å²) in [7, 11) is 0. The van der Waals surface area contributed by atoms with E-state index in [-0.39, 0.29) is 18.1 Å². The van der Waals surface area contributed by atoms with E-state index in [9.17, 15) is 15.0 Å². The first-order chi connectivity index (χ1) is 13.4. The number of carbonyl (C=O) groups excluding carboxylic acids is 1. The molecule has 1 aliphatic carbocycles. The van der Waals surface area contributed by atoms with Crippen molar-refractivity contribution in [3.8, 4) is 5.75 Å². The average molecular weight is 401 g/mol. The highest BCUT2D eigenvalue weighted by atomic mass is 32.1. The number of ether oxygens (including phenoxy) is 1. The van der Waals surface area contributed by atoms with E-state index in [2.05, 4.69) is 5.43 Å². The Bertz CT molecular complexity index is 1020. The van der Waals surface area contributed by atoms with Crippen LogP contribution in [-0.2, 0) is 4.79 Å². The molecular formula is C20H23N3O4S. The number of benzene rings is 1. The number of aliphatic hydroxyl groups is 2. The van der Waals surface area contributed by atoms with Crippen LogP contribution in [0.4, 0.5) is 5.69 Å². The number of nitrogens with one attached hydrogen (secondary N) is 1. The second-order valence-corrected chi connectivity index (χ2v) is 7.30. The summed E-state index contributed by atoms with van der Waals surface area (Å²) in [6, 6.07) is 7.54. The number of aromatic nitrogens is 1. The number of hydrogen-bond donors (Lipinski definition) is 3. The first-order valence-electron chi connectivity index (χ1n) is 8.98. The molecule has 1 aliphatic rings. The van der Waals surface area contributed by atoms with Gasteiger partial charge in [0.1, 0.15) is 11.4 Å². The Hall–Kier alpha value is -3.00. The fraction of sp³-hybridized carbons (Fsp3) is 0.300. The molecule has 3 rings (SSSR count). The van der Waals surface area contributed by atoms with Crippen LogP contribution in [0.3, 0.4) is 0 Å². The number of nitrogens with zero attached hydrogens (tertiary/aromatic N) is 2. The summed E-state index contributed by atoms with van der Waals surface area (Å²) in [4.78, 5) is 17.0. The maximum absolute atomic E-state index is 11.6. The van der Waals surface area contributed by atoms with E-state index in [1.54, 1.807) is 10.9 Å². The van der Waals surface area contributed by atoms with E-state index in [4.69, 9.17) is 9.73 Å². The van der Waals surface area contributed by atoms with Crippen LogP contribution in [0, 0.1) is 12.8 Å². The van der Waals surface area contributed by atoms with Gasteiger partial charge in [-0.15, -0.1) is 11.3 Å². The zero-order valence-corrected chi connectivity index (χ0v) is 16.8. The van der Waals surface area contributed by atoms with Crippen LogP contribution in [0.5, 0.6) is 5.75 Å². The van der Waals surface area contributed by atoms with Crippen LogP contribution in [0.1, 0.15) is 26.0 Å². The van der Waals surface area contributed by atoms with Gasteiger partial charge in [-0.2, -0.15) is 0 Å². The lowest BCUT2D eigenvalue weighted by Gasteiger charge is -2.21.